The van der Waals surface area contributed by atoms with Crippen LogP contribution in [0.1, 0.15) is 27.2 Å². The van der Waals surface area contributed by atoms with Gasteiger partial charge in [-0.15, -0.1) is 0 Å². The van der Waals surface area contributed by atoms with Gasteiger partial charge in [-0.25, -0.2) is 9.97 Å². The van der Waals surface area contributed by atoms with Gasteiger partial charge in [0.2, 0.25) is 11.6 Å². The van der Waals surface area contributed by atoms with Crippen LogP contribution in [0.25, 0.3) is 0 Å². The van der Waals surface area contributed by atoms with Crippen LogP contribution in [0.3, 0.4) is 0 Å². The molecule has 0 aliphatic rings. The lowest BCUT2D eigenvalue weighted by Gasteiger charge is -2.25. The molecule has 0 saturated carbocycles. The first-order valence-electron chi connectivity index (χ1n) is 6.40. The van der Waals surface area contributed by atoms with Crippen molar-refractivity contribution in [2.75, 3.05) is 24.2 Å². The molecule has 8 heteroatoms. The van der Waals surface area contributed by atoms with E-state index in [0.717, 1.165) is 0 Å². The summed E-state index contributed by atoms with van der Waals surface area (Å²) in [5.41, 5.74) is -1.19. The van der Waals surface area contributed by atoms with Gasteiger partial charge in [0.05, 0.1) is 10.5 Å². The van der Waals surface area contributed by atoms with Crippen LogP contribution in [-0.2, 0) is 0 Å². The summed E-state index contributed by atoms with van der Waals surface area (Å²) in [7, 11) is 1.55. The highest BCUT2D eigenvalue weighted by atomic mass is 16.6. The number of nitrogens with one attached hydrogen (secondary N) is 2. The summed E-state index contributed by atoms with van der Waals surface area (Å²) in [6.07, 6.45) is 1.82. The number of hydrogen-bond acceptors (Lipinski definition) is 7. The third-order valence-electron chi connectivity index (χ3n) is 2.73. The van der Waals surface area contributed by atoms with Crippen molar-refractivity contribution >= 4 is 17.3 Å². The van der Waals surface area contributed by atoms with Gasteiger partial charge in [0.1, 0.15) is 6.33 Å². The Kier molecular flexibility index (Phi) is 5.20. The highest BCUT2D eigenvalue weighted by Gasteiger charge is 2.26. The van der Waals surface area contributed by atoms with E-state index >= 15 is 0 Å². The van der Waals surface area contributed by atoms with E-state index in [4.69, 9.17) is 0 Å². The first kappa shape index (κ1) is 16.1. The molecule has 0 spiro atoms. The molecule has 1 aromatic rings. The first-order chi connectivity index (χ1) is 9.26. The standard InChI is InChI=1S/C12H21N5O3/c1-8(2)5-12(3,18)6-14-11-9(17(19)20)10(13-4)15-7-16-11/h7-8,18H,5-6H2,1-4H3,(H2,13,14,15,16). The summed E-state index contributed by atoms with van der Waals surface area (Å²) in [5, 5.41) is 26.8. The number of rotatable bonds is 7. The summed E-state index contributed by atoms with van der Waals surface area (Å²) in [5.74, 6) is 0.550. The highest BCUT2D eigenvalue weighted by Crippen LogP contribution is 2.29. The Morgan fingerprint density at radius 3 is 2.55 bits per heavy atom. The van der Waals surface area contributed by atoms with Gasteiger partial charge in [0, 0.05) is 13.6 Å². The Hall–Kier alpha value is -1.96. The summed E-state index contributed by atoms with van der Waals surface area (Å²) < 4.78 is 0. The van der Waals surface area contributed by atoms with E-state index in [1.807, 2.05) is 13.8 Å². The molecule has 1 atom stereocenters. The quantitative estimate of drug-likeness (QED) is 0.515. The molecule has 1 heterocycles. The van der Waals surface area contributed by atoms with Crippen LogP contribution in [0.2, 0.25) is 0 Å². The smallest absolute Gasteiger partial charge is 0.353 e. The minimum absolute atomic E-state index is 0.0957. The van der Waals surface area contributed by atoms with Gasteiger partial charge in [-0.05, 0) is 19.3 Å². The molecule has 0 fully saturated rings. The van der Waals surface area contributed by atoms with E-state index in [1.165, 1.54) is 6.33 Å². The Morgan fingerprint density at radius 1 is 1.45 bits per heavy atom. The van der Waals surface area contributed by atoms with Crippen molar-refractivity contribution in [2.45, 2.75) is 32.8 Å². The first-order valence-corrected chi connectivity index (χ1v) is 6.40. The number of aromatic nitrogens is 2. The lowest BCUT2D eigenvalue weighted by molar-refractivity contribution is -0.383. The predicted molar refractivity (Wildman–Crippen MR) is 76.8 cm³/mol. The van der Waals surface area contributed by atoms with Crippen LogP contribution in [0.4, 0.5) is 17.3 Å². The van der Waals surface area contributed by atoms with Crippen LogP contribution in [0.5, 0.6) is 0 Å². The average molecular weight is 283 g/mol. The molecule has 1 aromatic heterocycles. The van der Waals surface area contributed by atoms with Crippen molar-refractivity contribution in [3.05, 3.63) is 16.4 Å². The summed E-state index contributed by atoms with van der Waals surface area (Å²) in [4.78, 5) is 18.2. The SMILES string of the molecule is CNc1ncnc(NCC(C)(O)CC(C)C)c1[N+](=O)[O-]. The molecule has 0 bridgehead atoms. The predicted octanol–water partition coefficient (Wildman–Crippen LogP) is 1.64. The second-order valence-electron chi connectivity index (χ2n) is 5.38. The molecule has 112 valence electrons. The summed E-state index contributed by atoms with van der Waals surface area (Å²) >= 11 is 0. The molecule has 0 aliphatic carbocycles. The van der Waals surface area contributed by atoms with Crippen molar-refractivity contribution < 1.29 is 10.0 Å². The molecule has 0 saturated heterocycles. The topological polar surface area (TPSA) is 113 Å². The van der Waals surface area contributed by atoms with Gasteiger partial charge in [0.25, 0.3) is 0 Å². The third-order valence-corrected chi connectivity index (χ3v) is 2.73. The Labute approximate surface area is 117 Å². The minimum Gasteiger partial charge on any atom is -0.388 e. The molecule has 1 unspecified atom stereocenters. The molecular formula is C12H21N5O3. The van der Waals surface area contributed by atoms with Crippen LogP contribution >= 0.6 is 0 Å². The van der Waals surface area contributed by atoms with Gasteiger partial charge in [-0.3, -0.25) is 10.1 Å². The van der Waals surface area contributed by atoms with Crippen LogP contribution < -0.4 is 10.6 Å². The minimum atomic E-state index is -0.965. The van der Waals surface area contributed by atoms with Crippen LogP contribution in [0.15, 0.2) is 6.33 Å². The average Bonchev–Trinajstić information content (AvgIpc) is 2.34. The second-order valence-corrected chi connectivity index (χ2v) is 5.38. The molecule has 0 amide bonds. The van der Waals surface area contributed by atoms with Gasteiger partial charge >= 0.3 is 5.69 Å². The lowest BCUT2D eigenvalue weighted by atomic mass is 9.94. The number of nitrogens with zero attached hydrogens (tertiary/aromatic N) is 3. The van der Waals surface area contributed by atoms with Gasteiger partial charge in [-0.2, -0.15) is 0 Å². The van der Waals surface area contributed by atoms with Crippen molar-refractivity contribution in [3.63, 3.8) is 0 Å². The van der Waals surface area contributed by atoms with Gasteiger partial charge < -0.3 is 15.7 Å². The number of hydrogen-bond donors (Lipinski definition) is 3. The van der Waals surface area contributed by atoms with Crippen LogP contribution in [-0.4, -0.2) is 39.2 Å². The monoisotopic (exact) mass is 283 g/mol. The number of anilines is 2. The van der Waals surface area contributed by atoms with Crippen molar-refractivity contribution in [1.29, 1.82) is 0 Å². The molecule has 20 heavy (non-hydrogen) atoms. The van der Waals surface area contributed by atoms with E-state index in [9.17, 15) is 15.2 Å². The second kappa shape index (κ2) is 6.47. The third kappa shape index (κ3) is 4.30. The number of aliphatic hydroxyl groups is 1. The molecule has 1 rings (SSSR count). The Balaban J connectivity index is 2.90. The van der Waals surface area contributed by atoms with Crippen LogP contribution in [0, 0.1) is 16.0 Å². The molecule has 0 aromatic carbocycles. The van der Waals surface area contributed by atoms with E-state index in [2.05, 4.69) is 20.6 Å². The normalized spacial score (nSPS) is 13.9. The largest absolute Gasteiger partial charge is 0.388 e. The fraction of sp³-hybridized carbons (Fsp3) is 0.667. The van der Waals surface area contributed by atoms with Gasteiger partial charge in [-0.1, -0.05) is 13.8 Å². The summed E-state index contributed by atoms with van der Waals surface area (Å²) in [6.45, 7) is 5.86. The maximum atomic E-state index is 11.1. The molecule has 0 aliphatic heterocycles. The molecule has 3 N–H and O–H groups in total. The highest BCUT2D eigenvalue weighted by molar-refractivity contribution is 5.69. The van der Waals surface area contributed by atoms with Gasteiger partial charge in [0.15, 0.2) is 0 Å². The summed E-state index contributed by atoms with van der Waals surface area (Å²) in [6, 6.07) is 0. The molecular weight excluding hydrogens is 262 g/mol. The fourth-order valence-electron chi connectivity index (χ4n) is 2.09. The van der Waals surface area contributed by atoms with E-state index in [0.29, 0.717) is 12.3 Å². The van der Waals surface area contributed by atoms with Crippen molar-refractivity contribution in [1.82, 2.24) is 9.97 Å². The number of nitro groups is 1. The van der Waals surface area contributed by atoms with Crippen molar-refractivity contribution in [2.24, 2.45) is 5.92 Å². The Bertz CT molecular complexity index is 476. The van der Waals surface area contributed by atoms with E-state index in [1.54, 1.807) is 14.0 Å². The Morgan fingerprint density at radius 2 is 2.05 bits per heavy atom. The van der Waals surface area contributed by atoms with E-state index < -0.39 is 10.5 Å². The lowest BCUT2D eigenvalue weighted by Crippen LogP contribution is -2.35. The maximum Gasteiger partial charge on any atom is 0.353 e. The maximum absolute atomic E-state index is 11.1. The van der Waals surface area contributed by atoms with E-state index in [-0.39, 0.29) is 23.9 Å². The van der Waals surface area contributed by atoms with Crippen molar-refractivity contribution in [3.8, 4) is 0 Å². The zero-order valence-corrected chi connectivity index (χ0v) is 12.2. The molecule has 8 nitrogen and oxygen atoms in total. The molecule has 0 radical (unpaired) electrons. The zero-order valence-electron chi connectivity index (χ0n) is 12.2. The fourth-order valence-corrected chi connectivity index (χ4v) is 2.09. The zero-order chi connectivity index (χ0) is 15.3.